The molecule has 0 aliphatic carbocycles. The largest absolute Gasteiger partial charge is 0.345 e. The molecule has 5 heteroatoms. The maximum Gasteiger partial charge on any atom is 0.268 e. The highest BCUT2D eigenvalue weighted by atomic mass is 32.1. The molecule has 3 heterocycles. The van der Waals surface area contributed by atoms with E-state index in [-0.39, 0.29) is 5.91 Å². The summed E-state index contributed by atoms with van der Waals surface area (Å²) < 4.78 is 3.20. The molecule has 4 rings (SSSR count). The maximum atomic E-state index is 12.7. The normalized spacial score (nSPS) is 10.9. The molecule has 0 spiro atoms. The molecule has 0 aliphatic heterocycles. The third kappa shape index (κ3) is 3.32. The number of benzene rings is 1. The van der Waals surface area contributed by atoms with Crippen LogP contribution in [0.25, 0.3) is 10.2 Å². The summed E-state index contributed by atoms with van der Waals surface area (Å²) in [5.41, 5.74) is 3.79. The van der Waals surface area contributed by atoms with Gasteiger partial charge in [-0.25, -0.2) is 0 Å². The van der Waals surface area contributed by atoms with E-state index in [1.807, 2.05) is 42.5 Å². The molecule has 0 saturated heterocycles. The second-order valence-corrected chi connectivity index (χ2v) is 6.72. The second-order valence-electron chi connectivity index (χ2n) is 5.78. The van der Waals surface area contributed by atoms with E-state index in [4.69, 9.17) is 0 Å². The van der Waals surface area contributed by atoms with Crippen LogP contribution in [0, 0.1) is 0 Å². The monoisotopic (exact) mass is 347 g/mol. The number of thiophene rings is 1. The second kappa shape index (κ2) is 6.91. The number of hydrogen-bond donors (Lipinski definition) is 1. The first kappa shape index (κ1) is 15.6. The molecule has 124 valence electrons. The van der Waals surface area contributed by atoms with Crippen LogP contribution in [0.5, 0.6) is 0 Å². The Labute approximate surface area is 149 Å². The van der Waals surface area contributed by atoms with Crippen molar-refractivity contribution in [2.45, 2.75) is 13.1 Å². The van der Waals surface area contributed by atoms with E-state index < -0.39 is 0 Å². The zero-order valence-electron chi connectivity index (χ0n) is 13.6. The van der Waals surface area contributed by atoms with Crippen molar-refractivity contribution in [3.8, 4) is 0 Å². The predicted molar refractivity (Wildman–Crippen MR) is 101 cm³/mol. The molecule has 0 aliphatic rings. The lowest BCUT2D eigenvalue weighted by atomic mass is 10.2. The first-order chi connectivity index (χ1) is 12.3. The van der Waals surface area contributed by atoms with Gasteiger partial charge in [0.15, 0.2) is 0 Å². The lowest BCUT2D eigenvalue weighted by molar-refractivity contribution is 0.0942. The van der Waals surface area contributed by atoms with E-state index in [1.54, 1.807) is 17.5 Å². The first-order valence-corrected chi connectivity index (χ1v) is 8.98. The molecule has 1 aromatic carbocycles. The van der Waals surface area contributed by atoms with Crippen LogP contribution < -0.4 is 5.32 Å². The summed E-state index contributed by atoms with van der Waals surface area (Å²) in [5, 5.41) is 5.03. The maximum absolute atomic E-state index is 12.7. The highest BCUT2D eigenvalue weighted by Crippen LogP contribution is 2.26. The predicted octanol–water partition coefficient (Wildman–Crippen LogP) is 4.08. The highest BCUT2D eigenvalue weighted by Gasteiger charge is 2.16. The zero-order valence-corrected chi connectivity index (χ0v) is 14.4. The first-order valence-electron chi connectivity index (χ1n) is 8.10. The van der Waals surface area contributed by atoms with Gasteiger partial charge in [0.25, 0.3) is 5.91 Å². The fraction of sp³-hybridized carbons (Fsp3) is 0.100. The van der Waals surface area contributed by atoms with Crippen LogP contribution in [0.4, 0.5) is 0 Å². The van der Waals surface area contributed by atoms with E-state index in [1.165, 1.54) is 5.56 Å². The van der Waals surface area contributed by atoms with Gasteiger partial charge in [-0.3, -0.25) is 9.78 Å². The minimum Gasteiger partial charge on any atom is -0.345 e. The number of nitrogens with one attached hydrogen (secondary N) is 1. The van der Waals surface area contributed by atoms with E-state index >= 15 is 0 Å². The Hall–Kier alpha value is -2.92. The minimum atomic E-state index is -0.0787. The Bertz CT molecular complexity index is 990. The average molecular weight is 347 g/mol. The van der Waals surface area contributed by atoms with Crippen LogP contribution in [0.2, 0.25) is 0 Å². The Morgan fingerprint density at radius 3 is 2.72 bits per heavy atom. The highest BCUT2D eigenvalue weighted by molar-refractivity contribution is 7.17. The van der Waals surface area contributed by atoms with Gasteiger partial charge in [-0.15, -0.1) is 11.3 Å². The molecule has 1 N–H and O–H groups in total. The molecule has 0 radical (unpaired) electrons. The van der Waals surface area contributed by atoms with Crippen molar-refractivity contribution in [3.63, 3.8) is 0 Å². The van der Waals surface area contributed by atoms with Crippen molar-refractivity contribution in [1.29, 1.82) is 0 Å². The lowest BCUT2D eigenvalue weighted by Gasteiger charge is -2.11. The van der Waals surface area contributed by atoms with Crippen LogP contribution in [0.3, 0.4) is 0 Å². The van der Waals surface area contributed by atoms with Crippen molar-refractivity contribution in [3.05, 3.63) is 89.2 Å². The van der Waals surface area contributed by atoms with Crippen LogP contribution >= 0.6 is 11.3 Å². The smallest absolute Gasteiger partial charge is 0.268 e. The molecular weight excluding hydrogens is 330 g/mol. The van der Waals surface area contributed by atoms with Crippen molar-refractivity contribution in [1.82, 2.24) is 14.9 Å². The molecular formula is C20H17N3OS. The number of rotatable bonds is 5. The van der Waals surface area contributed by atoms with Crippen LogP contribution in [-0.4, -0.2) is 15.5 Å². The quantitative estimate of drug-likeness (QED) is 0.591. The van der Waals surface area contributed by atoms with Gasteiger partial charge in [-0.05, 0) is 35.2 Å². The van der Waals surface area contributed by atoms with Gasteiger partial charge in [0, 0.05) is 12.7 Å². The Morgan fingerprint density at radius 2 is 1.92 bits per heavy atom. The summed E-state index contributed by atoms with van der Waals surface area (Å²) in [4.78, 5) is 17.0. The number of carbonyl (C=O) groups is 1. The summed E-state index contributed by atoms with van der Waals surface area (Å²) in [6.45, 7) is 1.09. The molecule has 25 heavy (non-hydrogen) atoms. The summed E-state index contributed by atoms with van der Waals surface area (Å²) in [6.07, 6.45) is 1.73. The topological polar surface area (TPSA) is 46.9 Å². The van der Waals surface area contributed by atoms with Gasteiger partial charge in [-0.1, -0.05) is 36.4 Å². The number of fused-ring (bicyclic) bond motifs is 1. The number of pyridine rings is 1. The van der Waals surface area contributed by atoms with Crippen molar-refractivity contribution < 1.29 is 4.79 Å². The van der Waals surface area contributed by atoms with E-state index in [0.717, 1.165) is 15.9 Å². The molecule has 4 aromatic rings. The number of hydrogen-bond acceptors (Lipinski definition) is 3. The lowest BCUT2D eigenvalue weighted by Crippen LogP contribution is -2.26. The molecule has 0 saturated carbocycles. The van der Waals surface area contributed by atoms with Gasteiger partial charge < -0.3 is 9.88 Å². The number of amides is 1. The van der Waals surface area contributed by atoms with Gasteiger partial charge in [-0.2, -0.15) is 0 Å². The molecule has 0 bridgehead atoms. The number of nitrogens with zero attached hydrogens (tertiary/aromatic N) is 2. The Balaban J connectivity index is 1.61. The standard InChI is InChI=1S/C20H17N3OS/c24-20(22-13-16-8-4-5-10-21-16)18-12-19-17(9-11-25-19)23(18)14-15-6-2-1-3-7-15/h1-12H,13-14H2,(H,22,24). The zero-order chi connectivity index (χ0) is 17.1. The van der Waals surface area contributed by atoms with Crippen LogP contribution in [-0.2, 0) is 13.1 Å². The Kier molecular flexibility index (Phi) is 4.31. The van der Waals surface area contributed by atoms with E-state index in [2.05, 4.69) is 38.4 Å². The van der Waals surface area contributed by atoms with Crippen molar-refractivity contribution in [2.24, 2.45) is 0 Å². The number of carbonyl (C=O) groups excluding carboxylic acids is 1. The summed E-state index contributed by atoms with van der Waals surface area (Å²) in [5.74, 6) is -0.0787. The molecule has 1 amide bonds. The van der Waals surface area contributed by atoms with Crippen LogP contribution in [0.1, 0.15) is 21.7 Å². The summed E-state index contributed by atoms with van der Waals surface area (Å²) in [7, 11) is 0. The van der Waals surface area contributed by atoms with Gasteiger partial charge in [0.1, 0.15) is 5.69 Å². The van der Waals surface area contributed by atoms with Gasteiger partial charge in [0.05, 0.1) is 22.5 Å². The fourth-order valence-corrected chi connectivity index (χ4v) is 3.69. The van der Waals surface area contributed by atoms with Gasteiger partial charge in [0.2, 0.25) is 0 Å². The summed E-state index contributed by atoms with van der Waals surface area (Å²) >= 11 is 1.65. The fourth-order valence-electron chi connectivity index (χ4n) is 2.87. The molecule has 0 atom stereocenters. The molecule has 4 nitrogen and oxygen atoms in total. The third-order valence-electron chi connectivity index (χ3n) is 4.10. The molecule has 3 aromatic heterocycles. The van der Waals surface area contributed by atoms with E-state index in [9.17, 15) is 4.79 Å². The average Bonchev–Trinajstić information content (AvgIpc) is 3.24. The minimum absolute atomic E-state index is 0.0787. The van der Waals surface area contributed by atoms with Crippen LogP contribution in [0.15, 0.2) is 72.2 Å². The SMILES string of the molecule is O=C(NCc1ccccn1)c1cc2sccc2n1Cc1ccccc1. The van der Waals surface area contributed by atoms with E-state index in [0.29, 0.717) is 18.8 Å². The van der Waals surface area contributed by atoms with Crippen molar-refractivity contribution in [2.75, 3.05) is 0 Å². The third-order valence-corrected chi connectivity index (χ3v) is 4.95. The van der Waals surface area contributed by atoms with Gasteiger partial charge >= 0.3 is 0 Å². The summed E-state index contributed by atoms with van der Waals surface area (Å²) in [6, 6.07) is 19.9. The van der Waals surface area contributed by atoms with Crippen molar-refractivity contribution >= 4 is 27.5 Å². The molecule has 0 unspecified atom stereocenters. The Morgan fingerprint density at radius 1 is 1.08 bits per heavy atom. The molecule has 0 fully saturated rings. The number of aromatic nitrogens is 2.